The molecule has 170 valence electrons. The van der Waals surface area contributed by atoms with E-state index in [1.807, 2.05) is 35.2 Å². The summed E-state index contributed by atoms with van der Waals surface area (Å²) in [4.78, 5) is 25.6. The Morgan fingerprint density at radius 2 is 1.85 bits per heavy atom. The average Bonchev–Trinajstić information content (AvgIpc) is 2.85. The first kappa shape index (κ1) is 21.9. The number of nitro benzene ring substituents is 1. The molecule has 33 heavy (non-hydrogen) atoms. The van der Waals surface area contributed by atoms with Gasteiger partial charge in [-0.2, -0.15) is 20.1 Å². The van der Waals surface area contributed by atoms with Gasteiger partial charge in [-0.1, -0.05) is 36.4 Å². The maximum atomic E-state index is 11.0. The summed E-state index contributed by atoms with van der Waals surface area (Å²) in [5.74, 6) is 0.553. The summed E-state index contributed by atoms with van der Waals surface area (Å²) < 4.78 is 5.40. The van der Waals surface area contributed by atoms with Crippen LogP contribution in [-0.2, 0) is 11.3 Å². The zero-order valence-electron chi connectivity index (χ0n) is 17.6. The second-order valence-corrected chi connectivity index (χ2v) is 7.06. The van der Waals surface area contributed by atoms with Crippen molar-refractivity contribution in [3.63, 3.8) is 0 Å². The first-order chi connectivity index (χ1) is 16.1. The van der Waals surface area contributed by atoms with Gasteiger partial charge in [-0.05, 0) is 11.6 Å². The second kappa shape index (κ2) is 10.3. The maximum absolute atomic E-state index is 11.0. The highest BCUT2D eigenvalue weighted by Gasteiger charge is 2.17. The lowest BCUT2D eigenvalue weighted by Gasteiger charge is -2.27. The van der Waals surface area contributed by atoms with Crippen LogP contribution in [0.5, 0.6) is 5.75 Å². The predicted molar refractivity (Wildman–Crippen MR) is 123 cm³/mol. The van der Waals surface area contributed by atoms with Crippen molar-refractivity contribution in [2.75, 3.05) is 41.9 Å². The number of morpholine rings is 1. The molecule has 0 atom stereocenters. The van der Waals surface area contributed by atoms with Gasteiger partial charge in [0.05, 0.1) is 24.4 Å². The Morgan fingerprint density at radius 1 is 1.09 bits per heavy atom. The Kier molecular flexibility index (Phi) is 6.85. The molecule has 1 aliphatic heterocycles. The van der Waals surface area contributed by atoms with Gasteiger partial charge >= 0.3 is 5.69 Å². The number of aromatic nitrogens is 3. The van der Waals surface area contributed by atoms with Crippen molar-refractivity contribution in [3.8, 4) is 5.75 Å². The molecule has 0 saturated carbocycles. The lowest BCUT2D eigenvalue weighted by atomic mass is 10.2. The van der Waals surface area contributed by atoms with E-state index in [0.29, 0.717) is 44.7 Å². The van der Waals surface area contributed by atoms with Crippen LogP contribution in [0.4, 0.5) is 23.5 Å². The van der Waals surface area contributed by atoms with Gasteiger partial charge in [0.2, 0.25) is 23.6 Å². The third kappa shape index (κ3) is 5.68. The van der Waals surface area contributed by atoms with Gasteiger partial charge in [-0.25, -0.2) is 5.43 Å². The molecule has 0 aliphatic carbocycles. The molecule has 0 amide bonds. The Morgan fingerprint density at radius 3 is 2.61 bits per heavy atom. The van der Waals surface area contributed by atoms with Crippen molar-refractivity contribution >= 4 is 29.7 Å². The van der Waals surface area contributed by atoms with E-state index >= 15 is 0 Å². The van der Waals surface area contributed by atoms with Gasteiger partial charge in [0, 0.05) is 31.3 Å². The molecule has 1 saturated heterocycles. The summed E-state index contributed by atoms with van der Waals surface area (Å²) in [6.07, 6.45) is 1.26. The van der Waals surface area contributed by atoms with E-state index in [1.165, 1.54) is 24.4 Å². The lowest BCUT2D eigenvalue weighted by Crippen LogP contribution is -2.37. The Balaban J connectivity index is 1.54. The molecule has 0 spiro atoms. The molecule has 3 aromatic rings. The van der Waals surface area contributed by atoms with Gasteiger partial charge in [0.25, 0.3) is 0 Å². The number of phenolic OH excluding ortho intramolecular Hbond substituents is 1. The summed E-state index contributed by atoms with van der Waals surface area (Å²) in [6.45, 7) is 2.97. The lowest BCUT2D eigenvalue weighted by molar-refractivity contribution is -0.385. The zero-order valence-corrected chi connectivity index (χ0v) is 17.6. The molecule has 0 bridgehead atoms. The summed E-state index contributed by atoms with van der Waals surface area (Å²) in [5, 5.41) is 28.3. The number of ether oxygens (including phenoxy) is 1. The minimum Gasteiger partial charge on any atom is -0.502 e. The van der Waals surface area contributed by atoms with E-state index in [0.717, 1.165) is 5.56 Å². The van der Waals surface area contributed by atoms with Crippen LogP contribution in [0.3, 0.4) is 0 Å². The number of para-hydroxylation sites is 1. The number of hydrazone groups is 1. The average molecular weight is 450 g/mol. The summed E-state index contributed by atoms with van der Waals surface area (Å²) in [6, 6.07) is 14.0. The van der Waals surface area contributed by atoms with E-state index in [-0.39, 0.29) is 11.5 Å². The number of nitro groups is 1. The summed E-state index contributed by atoms with van der Waals surface area (Å²) in [7, 11) is 0. The van der Waals surface area contributed by atoms with E-state index in [2.05, 4.69) is 30.8 Å². The third-order valence-electron chi connectivity index (χ3n) is 4.82. The molecule has 12 nitrogen and oxygen atoms in total. The van der Waals surface area contributed by atoms with Crippen LogP contribution < -0.4 is 15.6 Å². The molecule has 3 N–H and O–H groups in total. The van der Waals surface area contributed by atoms with Crippen molar-refractivity contribution in [2.45, 2.75) is 6.54 Å². The molecule has 2 aromatic carbocycles. The minimum absolute atomic E-state index is 0.182. The van der Waals surface area contributed by atoms with Gasteiger partial charge in [0.1, 0.15) is 0 Å². The number of aromatic hydroxyl groups is 1. The molecule has 0 radical (unpaired) electrons. The predicted octanol–water partition coefficient (Wildman–Crippen LogP) is 2.38. The fraction of sp³-hybridized carbons (Fsp3) is 0.238. The molecular weight excluding hydrogens is 428 g/mol. The highest BCUT2D eigenvalue weighted by Crippen LogP contribution is 2.28. The first-order valence-corrected chi connectivity index (χ1v) is 10.2. The van der Waals surface area contributed by atoms with Crippen molar-refractivity contribution in [2.24, 2.45) is 5.10 Å². The van der Waals surface area contributed by atoms with Gasteiger partial charge in [0.15, 0.2) is 0 Å². The van der Waals surface area contributed by atoms with Gasteiger partial charge < -0.3 is 20.1 Å². The number of hydrogen-bond acceptors (Lipinski definition) is 11. The summed E-state index contributed by atoms with van der Waals surface area (Å²) >= 11 is 0. The number of phenols is 1. The van der Waals surface area contributed by atoms with Crippen LogP contribution in [0.15, 0.2) is 53.6 Å². The number of hydrogen-bond donors (Lipinski definition) is 3. The molecule has 1 fully saturated rings. The number of nitrogens with one attached hydrogen (secondary N) is 2. The Labute approximate surface area is 189 Å². The van der Waals surface area contributed by atoms with Crippen LogP contribution in [-0.4, -0.2) is 57.5 Å². The van der Waals surface area contributed by atoms with E-state index < -0.39 is 16.4 Å². The van der Waals surface area contributed by atoms with Gasteiger partial charge in [-0.3, -0.25) is 10.1 Å². The topological polar surface area (TPSA) is 151 Å². The number of nitrogens with zero attached hydrogens (tertiary/aromatic N) is 6. The Hall–Kier alpha value is -4.32. The van der Waals surface area contributed by atoms with Crippen LogP contribution in [0, 0.1) is 10.1 Å². The molecule has 12 heteroatoms. The van der Waals surface area contributed by atoms with Crippen LogP contribution in [0.2, 0.25) is 0 Å². The monoisotopic (exact) mass is 450 g/mol. The van der Waals surface area contributed by atoms with E-state index in [4.69, 9.17) is 4.74 Å². The molecule has 0 unspecified atom stereocenters. The molecule has 1 aliphatic rings. The molecular formula is C21H22N8O4. The van der Waals surface area contributed by atoms with Crippen LogP contribution in [0.1, 0.15) is 11.1 Å². The Bertz CT molecular complexity index is 1140. The fourth-order valence-electron chi connectivity index (χ4n) is 3.14. The highest BCUT2D eigenvalue weighted by molar-refractivity contribution is 5.85. The van der Waals surface area contributed by atoms with Crippen molar-refractivity contribution in [1.29, 1.82) is 0 Å². The minimum atomic E-state index is -0.661. The maximum Gasteiger partial charge on any atom is 0.311 e. The molecule has 1 aromatic heterocycles. The second-order valence-electron chi connectivity index (χ2n) is 7.06. The van der Waals surface area contributed by atoms with Crippen molar-refractivity contribution in [3.05, 3.63) is 69.8 Å². The number of anilines is 3. The fourth-order valence-corrected chi connectivity index (χ4v) is 3.14. The first-order valence-electron chi connectivity index (χ1n) is 10.2. The number of rotatable bonds is 8. The zero-order chi connectivity index (χ0) is 23.0. The SMILES string of the molecule is O=[N+]([O-])c1cccc(/C=N/Nc2nc(NCc3ccccc3)nc(N3CCOCC3)n2)c1O. The smallest absolute Gasteiger partial charge is 0.311 e. The number of benzene rings is 2. The van der Waals surface area contributed by atoms with Crippen LogP contribution in [0.25, 0.3) is 0 Å². The quantitative estimate of drug-likeness (QED) is 0.265. The van der Waals surface area contributed by atoms with Gasteiger partial charge in [-0.15, -0.1) is 0 Å². The normalized spacial score (nSPS) is 13.8. The van der Waals surface area contributed by atoms with Crippen molar-refractivity contribution < 1.29 is 14.8 Å². The van der Waals surface area contributed by atoms with E-state index in [1.54, 1.807) is 0 Å². The van der Waals surface area contributed by atoms with Crippen molar-refractivity contribution in [1.82, 2.24) is 15.0 Å². The third-order valence-corrected chi connectivity index (χ3v) is 4.82. The molecule has 2 heterocycles. The van der Waals surface area contributed by atoms with Crippen LogP contribution >= 0.6 is 0 Å². The highest BCUT2D eigenvalue weighted by atomic mass is 16.6. The standard InChI is InChI=1S/C21H22N8O4/c30-18-16(7-4-8-17(18)29(31)32)14-23-27-20-24-19(22-13-15-5-2-1-3-6-15)25-21(26-20)28-9-11-33-12-10-28/h1-8,14,30H,9-13H2,(H2,22,24,25,26,27)/b23-14+. The largest absolute Gasteiger partial charge is 0.502 e. The molecule has 4 rings (SSSR count). The van der Waals surface area contributed by atoms with E-state index in [9.17, 15) is 15.2 Å². The summed E-state index contributed by atoms with van der Waals surface area (Å²) in [5.41, 5.74) is 3.56.